The van der Waals surface area contributed by atoms with Crippen molar-refractivity contribution in [2.45, 2.75) is 29.7 Å². The van der Waals surface area contributed by atoms with Gasteiger partial charge in [-0.2, -0.15) is 0 Å². The number of nitrogens with zero attached hydrogens (tertiary/aromatic N) is 2. The molecular formula is C13H13ClN2O2S. The Bertz CT molecular complexity index is 682. The highest BCUT2D eigenvalue weighted by molar-refractivity contribution is 7.91. The molecule has 0 aliphatic heterocycles. The zero-order valence-corrected chi connectivity index (χ0v) is 12.1. The van der Waals surface area contributed by atoms with Gasteiger partial charge >= 0.3 is 0 Å². The topological polar surface area (TPSA) is 59.9 Å². The molecule has 0 aliphatic rings. The predicted molar refractivity (Wildman–Crippen MR) is 73.0 cm³/mol. The molecule has 0 saturated heterocycles. The molecule has 0 atom stereocenters. The highest BCUT2D eigenvalue weighted by atomic mass is 35.5. The van der Waals surface area contributed by atoms with Gasteiger partial charge in [0.2, 0.25) is 9.84 Å². The summed E-state index contributed by atoms with van der Waals surface area (Å²) >= 11 is 5.69. The van der Waals surface area contributed by atoms with E-state index in [0.29, 0.717) is 5.92 Å². The van der Waals surface area contributed by atoms with Crippen molar-refractivity contribution < 1.29 is 8.42 Å². The number of benzene rings is 1. The molecule has 100 valence electrons. The molecule has 0 fully saturated rings. The van der Waals surface area contributed by atoms with E-state index < -0.39 is 9.84 Å². The van der Waals surface area contributed by atoms with Gasteiger partial charge in [-0.1, -0.05) is 37.6 Å². The van der Waals surface area contributed by atoms with Crippen molar-refractivity contribution in [3.05, 3.63) is 47.4 Å². The summed E-state index contributed by atoms with van der Waals surface area (Å²) in [7, 11) is -3.64. The van der Waals surface area contributed by atoms with E-state index in [2.05, 4.69) is 9.97 Å². The van der Waals surface area contributed by atoms with Crippen molar-refractivity contribution in [2.75, 3.05) is 0 Å². The van der Waals surface area contributed by atoms with E-state index in [1.54, 1.807) is 24.3 Å². The Hall–Kier alpha value is -1.46. The minimum absolute atomic E-state index is 0.0928. The van der Waals surface area contributed by atoms with Crippen molar-refractivity contribution in [1.29, 1.82) is 0 Å². The maximum Gasteiger partial charge on any atom is 0.224 e. The SMILES string of the molecule is CC(C)c1ccc(S(=O)(=O)c2cc(Cl)ncn2)cc1. The average Bonchev–Trinajstić information content (AvgIpc) is 2.39. The van der Waals surface area contributed by atoms with Crippen molar-refractivity contribution in [3.8, 4) is 0 Å². The molecule has 19 heavy (non-hydrogen) atoms. The number of hydrogen-bond acceptors (Lipinski definition) is 4. The van der Waals surface area contributed by atoms with Crippen LogP contribution in [0.15, 0.2) is 46.6 Å². The van der Waals surface area contributed by atoms with Crippen LogP contribution >= 0.6 is 11.6 Å². The van der Waals surface area contributed by atoms with Crippen LogP contribution in [-0.2, 0) is 9.84 Å². The fourth-order valence-corrected chi connectivity index (χ4v) is 3.02. The van der Waals surface area contributed by atoms with Gasteiger partial charge in [0.15, 0.2) is 5.03 Å². The number of aromatic nitrogens is 2. The Balaban J connectivity index is 2.45. The fourth-order valence-electron chi connectivity index (χ4n) is 1.62. The zero-order valence-electron chi connectivity index (χ0n) is 10.5. The molecular weight excluding hydrogens is 284 g/mol. The van der Waals surface area contributed by atoms with Crippen molar-refractivity contribution in [2.24, 2.45) is 0 Å². The summed E-state index contributed by atoms with van der Waals surface area (Å²) < 4.78 is 24.6. The highest BCUT2D eigenvalue weighted by Crippen LogP contribution is 2.22. The molecule has 1 aromatic carbocycles. The zero-order chi connectivity index (χ0) is 14.0. The monoisotopic (exact) mass is 296 g/mol. The molecule has 0 bridgehead atoms. The minimum atomic E-state index is -3.64. The van der Waals surface area contributed by atoms with Crippen molar-refractivity contribution in [3.63, 3.8) is 0 Å². The molecule has 1 aromatic heterocycles. The van der Waals surface area contributed by atoms with Gasteiger partial charge in [-0.3, -0.25) is 0 Å². The van der Waals surface area contributed by atoms with Gasteiger partial charge in [-0.05, 0) is 23.6 Å². The third kappa shape index (κ3) is 2.93. The quantitative estimate of drug-likeness (QED) is 0.817. The second-order valence-corrected chi connectivity index (χ2v) is 6.69. The van der Waals surface area contributed by atoms with Gasteiger partial charge in [-0.25, -0.2) is 18.4 Å². The highest BCUT2D eigenvalue weighted by Gasteiger charge is 2.19. The van der Waals surface area contributed by atoms with Crippen LogP contribution in [0.1, 0.15) is 25.3 Å². The van der Waals surface area contributed by atoms with Gasteiger partial charge in [0, 0.05) is 6.07 Å². The molecule has 4 nitrogen and oxygen atoms in total. The van der Waals surface area contributed by atoms with E-state index in [-0.39, 0.29) is 15.1 Å². The lowest BCUT2D eigenvalue weighted by atomic mass is 10.0. The Morgan fingerprint density at radius 2 is 1.74 bits per heavy atom. The van der Waals surface area contributed by atoms with E-state index >= 15 is 0 Å². The third-order valence-corrected chi connectivity index (χ3v) is 4.61. The van der Waals surface area contributed by atoms with Crippen LogP contribution in [0.4, 0.5) is 0 Å². The first-order valence-corrected chi connectivity index (χ1v) is 7.60. The molecule has 2 aromatic rings. The first-order valence-electron chi connectivity index (χ1n) is 5.74. The summed E-state index contributed by atoms with van der Waals surface area (Å²) in [5.74, 6) is 0.352. The van der Waals surface area contributed by atoms with E-state index in [9.17, 15) is 8.42 Å². The van der Waals surface area contributed by atoms with Gasteiger partial charge in [-0.15, -0.1) is 0 Å². The maximum atomic E-state index is 12.3. The summed E-state index contributed by atoms with van der Waals surface area (Å²) in [6.07, 6.45) is 1.14. The molecule has 0 amide bonds. The first-order chi connectivity index (χ1) is 8.91. The van der Waals surface area contributed by atoms with Gasteiger partial charge < -0.3 is 0 Å². The van der Waals surface area contributed by atoms with Gasteiger partial charge in [0.25, 0.3) is 0 Å². The molecule has 0 saturated carbocycles. The van der Waals surface area contributed by atoms with E-state index in [1.165, 1.54) is 6.07 Å². The summed E-state index contributed by atoms with van der Waals surface area (Å²) in [6, 6.07) is 8.02. The number of hydrogen-bond donors (Lipinski definition) is 0. The van der Waals surface area contributed by atoms with Crippen LogP contribution in [0.25, 0.3) is 0 Å². The predicted octanol–water partition coefficient (Wildman–Crippen LogP) is 3.09. The van der Waals surface area contributed by atoms with Crippen LogP contribution in [0, 0.1) is 0 Å². The Labute approximate surface area is 117 Å². The lowest BCUT2D eigenvalue weighted by Gasteiger charge is -2.07. The van der Waals surface area contributed by atoms with Crippen LogP contribution in [0.2, 0.25) is 5.15 Å². The normalized spacial score (nSPS) is 11.8. The summed E-state index contributed by atoms with van der Waals surface area (Å²) in [5, 5.41) is 0.0113. The van der Waals surface area contributed by atoms with E-state index in [0.717, 1.165) is 11.9 Å². The van der Waals surface area contributed by atoms with Crippen LogP contribution in [0.5, 0.6) is 0 Å². The summed E-state index contributed by atoms with van der Waals surface area (Å²) in [4.78, 5) is 7.64. The molecule has 1 heterocycles. The minimum Gasteiger partial charge on any atom is -0.225 e. The van der Waals surface area contributed by atoms with Crippen LogP contribution in [-0.4, -0.2) is 18.4 Å². The lowest BCUT2D eigenvalue weighted by molar-refractivity contribution is 0.592. The second kappa shape index (κ2) is 5.27. The molecule has 0 N–H and O–H groups in total. The Morgan fingerprint density at radius 1 is 1.11 bits per heavy atom. The average molecular weight is 297 g/mol. The summed E-state index contributed by atoms with van der Waals surface area (Å²) in [5.41, 5.74) is 1.08. The molecule has 0 unspecified atom stereocenters. The third-order valence-electron chi connectivity index (χ3n) is 2.74. The molecule has 0 radical (unpaired) electrons. The maximum absolute atomic E-state index is 12.3. The van der Waals surface area contributed by atoms with Crippen LogP contribution in [0.3, 0.4) is 0 Å². The number of halogens is 1. The Kier molecular flexibility index (Phi) is 3.87. The molecule has 2 rings (SSSR count). The first kappa shape index (κ1) is 14.0. The smallest absolute Gasteiger partial charge is 0.224 e. The van der Waals surface area contributed by atoms with Crippen molar-refractivity contribution in [1.82, 2.24) is 9.97 Å². The van der Waals surface area contributed by atoms with Gasteiger partial charge in [0.1, 0.15) is 11.5 Å². The Morgan fingerprint density at radius 3 is 2.26 bits per heavy atom. The second-order valence-electron chi connectivity index (χ2n) is 4.41. The molecule has 0 aliphatic carbocycles. The standard InChI is InChI=1S/C13H13ClN2O2S/c1-9(2)10-3-5-11(6-4-10)19(17,18)13-7-12(14)15-8-16-13/h3-9H,1-2H3. The number of sulfone groups is 1. The molecule has 0 spiro atoms. The lowest BCUT2D eigenvalue weighted by Crippen LogP contribution is -2.05. The number of rotatable bonds is 3. The largest absolute Gasteiger partial charge is 0.225 e. The van der Waals surface area contributed by atoms with Crippen molar-refractivity contribution >= 4 is 21.4 Å². The fraction of sp³-hybridized carbons (Fsp3) is 0.231. The van der Waals surface area contributed by atoms with E-state index in [4.69, 9.17) is 11.6 Å². The van der Waals surface area contributed by atoms with Crippen LogP contribution < -0.4 is 0 Å². The van der Waals surface area contributed by atoms with E-state index in [1.807, 2.05) is 13.8 Å². The summed E-state index contributed by atoms with van der Waals surface area (Å²) in [6.45, 7) is 4.10. The molecule has 6 heteroatoms. The van der Waals surface area contributed by atoms with Gasteiger partial charge in [0.05, 0.1) is 4.90 Å².